The summed E-state index contributed by atoms with van der Waals surface area (Å²) in [4.78, 5) is 9.05. The van der Waals surface area contributed by atoms with Crippen molar-refractivity contribution in [2.45, 2.75) is 6.42 Å². The Hall–Kier alpha value is -3.28. The fourth-order valence-electron chi connectivity index (χ4n) is 2.68. The van der Waals surface area contributed by atoms with Gasteiger partial charge >= 0.3 is 0 Å². The van der Waals surface area contributed by atoms with Crippen LogP contribution in [0, 0.1) is 0 Å². The number of aromatic nitrogens is 3. The molecule has 0 aliphatic carbocycles. The molecule has 4 aromatic rings. The van der Waals surface area contributed by atoms with Crippen LogP contribution < -0.4 is 10.5 Å². The molecule has 3 heterocycles. The molecule has 1 aromatic carbocycles. The number of nitrogen functional groups attached to an aromatic ring is 1. The highest BCUT2D eigenvalue weighted by Gasteiger charge is 2.12. The van der Waals surface area contributed by atoms with Crippen molar-refractivity contribution < 1.29 is 9.15 Å². The van der Waals surface area contributed by atoms with Gasteiger partial charge in [0.05, 0.1) is 25.2 Å². The minimum atomic E-state index is 0.466. The number of nitrogens with two attached hydrogens (primary N) is 1. The van der Waals surface area contributed by atoms with Crippen LogP contribution in [0.4, 0.5) is 5.82 Å². The second kappa shape index (κ2) is 5.73. The molecule has 0 atom stereocenters. The van der Waals surface area contributed by atoms with Gasteiger partial charge in [-0.25, -0.2) is 9.97 Å². The number of furan rings is 1. The van der Waals surface area contributed by atoms with Gasteiger partial charge in [-0.3, -0.25) is 0 Å². The highest BCUT2D eigenvalue weighted by molar-refractivity contribution is 5.87. The lowest BCUT2D eigenvalue weighted by Crippen LogP contribution is -2.03. The minimum absolute atomic E-state index is 0.466. The van der Waals surface area contributed by atoms with Crippen LogP contribution in [0.5, 0.6) is 5.75 Å². The Bertz CT molecular complexity index is 972. The van der Waals surface area contributed by atoms with Crippen molar-refractivity contribution in [3.63, 3.8) is 0 Å². The van der Waals surface area contributed by atoms with Crippen LogP contribution >= 0.6 is 0 Å². The third-order valence-corrected chi connectivity index (χ3v) is 3.88. The standard InChI is InChI=1S/C18H16N4O2/c1-23-13-6-4-12(5-7-13)22-9-8-15-17(19)20-16(21-18(15)22)11-14-3-2-10-24-14/h2-10H,11H2,1H3,(H2,19,20,21). The van der Waals surface area contributed by atoms with Gasteiger partial charge in [0.2, 0.25) is 0 Å². The number of rotatable bonds is 4. The van der Waals surface area contributed by atoms with Crippen LogP contribution in [-0.4, -0.2) is 21.6 Å². The topological polar surface area (TPSA) is 79.1 Å². The van der Waals surface area contributed by atoms with Gasteiger partial charge in [-0.2, -0.15) is 0 Å². The molecule has 24 heavy (non-hydrogen) atoms. The SMILES string of the molecule is COc1ccc(-n2ccc3c(N)nc(Cc4ccco4)nc32)cc1. The minimum Gasteiger partial charge on any atom is -0.497 e. The van der Waals surface area contributed by atoms with Crippen LogP contribution in [0.2, 0.25) is 0 Å². The maximum absolute atomic E-state index is 6.11. The lowest BCUT2D eigenvalue weighted by Gasteiger charge is -2.08. The number of anilines is 1. The fourth-order valence-corrected chi connectivity index (χ4v) is 2.68. The number of methoxy groups -OCH3 is 1. The Morgan fingerprint density at radius 3 is 2.67 bits per heavy atom. The highest BCUT2D eigenvalue weighted by atomic mass is 16.5. The van der Waals surface area contributed by atoms with E-state index in [1.165, 1.54) is 0 Å². The molecule has 0 unspecified atom stereocenters. The maximum atomic E-state index is 6.11. The van der Waals surface area contributed by atoms with E-state index in [1.54, 1.807) is 13.4 Å². The van der Waals surface area contributed by atoms with Gasteiger partial charge in [-0.1, -0.05) is 0 Å². The number of ether oxygens (including phenoxy) is 1. The molecule has 6 heteroatoms. The molecule has 4 rings (SSSR count). The van der Waals surface area contributed by atoms with Crippen LogP contribution in [-0.2, 0) is 6.42 Å². The molecule has 0 aliphatic heterocycles. The number of hydrogen-bond donors (Lipinski definition) is 1. The van der Waals surface area contributed by atoms with E-state index in [-0.39, 0.29) is 0 Å². The first-order valence-corrected chi connectivity index (χ1v) is 7.55. The second-order valence-electron chi connectivity index (χ2n) is 5.40. The summed E-state index contributed by atoms with van der Waals surface area (Å²) in [5.74, 6) is 2.70. The zero-order valence-corrected chi connectivity index (χ0v) is 13.1. The second-order valence-corrected chi connectivity index (χ2v) is 5.40. The summed E-state index contributed by atoms with van der Waals surface area (Å²) in [5.41, 5.74) is 7.86. The Kier molecular flexibility index (Phi) is 3.42. The molecule has 0 saturated heterocycles. The Morgan fingerprint density at radius 2 is 1.96 bits per heavy atom. The van der Waals surface area contributed by atoms with Crippen molar-refractivity contribution in [3.8, 4) is 11.4 Å². The average Bonchev–Trinajstić information content (AvgIpc) is 3.25. The zero-order valence-electron chi connectivity index (χ0n) is 13.1. The lowest BCUT2D eigenvalue weighted by atomic mass is 10.3. The Balaban J connectivity index is 1.79. The molecular formula is C18H16N4O2. The lowest BCUT2D eigenvalue weighted by molar-refractivity contribution is 0.415. The van der Waals surface area contributed by atoms with Crippen LogP contribution in [0.3, 0.4) is 0 Å². The third-order valence-electron chi connectivity index (χ3n) is 3.88. The van der Waals surface area contributed by atoms with Crippen molar-refractivity contribution in [2.75, 3.05) is 12.8 Å². The number of benzene rings is 1. The Morgan fingerprint density at radius 1 is 1.12 bits per heavy atom. The molecule has 3 aromatic heterocycles. The van der Waals surface area contributed by atoms with E-state index in [2.05, 4.69) is 9.97 Å². The zero-order chi connectivity index (χ0) is 16.5. The quantitative estimate of drug-likeness (QED) is 0.624. The monoisotopic (exact) mass is 320 g/mol. The van der Waals surface area contributed by atoms with Gasteiger partial charge in [0.15, 0.2) is 0 Å². The number of fused-ring (bicyclic) bond motifs is 1. The summed E-state index contributed by atoms with van der Waals surface area (Å²) in [7, 11) is 1.65. The molecular weight excluding hydrogens is 304 g/mol. The van der Waals surface area contributed by atoms with Crippen LogP contribution in [0.15, 0.2) is 59.3 Å². The summed E-state index contributed by atoms with van der Waals surface area (Å²) < 4.78 is 12.6. The van der Waals surface area contributed by atoms with E-state index in [0.29, 0.717) is 18.1 Å². The smallest absolute Gasteiger partial charge is 0.150 e. The molecule has 0 fully saturated rings. The number of hydrogen-bond acceptors (Lipinski definition) is 5. The fraction of sp³-hybridized carbons (Fsp3) is 0.111. The van der Waals surface area contributed by atoms with E-state index >= 15 is 0 Å². The molecule has 120 valence electrons. The summed E-state index contributed by atoms with van der Waals surface area (Å²) in [6.45, 7) is 0. The van der Waals surface area contributed by atoms with Crippen LogP contribution in [0.1, 0.15) is 11.6 Å². The van der Waals surface area contributed by atoms with Gasteiger partial charge in [0.1, 0.15) is 28.8 Å². The van der Waals surface area contributed by atoms with E-state index < -0.39 is 0 Å². The van der Waals surface area contributed by atoms with E-state index in [4.69, 9.17) is 14.9 Å². The van der Waals surface area contributed by atoms with Crippen molar-refractivity contribution in [2.24, 2.45) is 0 Å². The first kappa shape index (κ1) is 14.3. The molecule has 0 spiro atoms. The largest absolute Gasteiger partial charge is 0.497 e. The van der Waals surface area contributed by atoms with E-state index in [0.717, 1.165) is 28.2 Å². The van der Waals surface area contributed by atoms with Crippen molar-refractivity contribution in [1.29, 1.82) is 0 Å². The molecule has 2 N–H and O–H groups in total. The third kappa shape index (κ3) is 2.48. The van der Waals surface area contributed by atoms with Gasteiger partial charge < -0.3 is 19.5 Å². The van der Waals surface area contributed by atoms with Crippen LogP contribution in [0.25, 0.3) is 16.7 Å². The van der Waals surface area contributed by atoms with Gasteiger partial charge in [-0.15, -0.1) is 0 Å². The van der Waals surface area contributed by atoms with Gasteiger partial charge in [0, 0.05) is 11.9 Å². The predicted molar refractivity (Wildman–Crippen MR) is 91.3 cm³/mol. The Labute approximate surface area is 138 Å². The highest BCUT2D eigenvalue weighted by Crippen LogP contribution is 2.24. The van der Waals surface area contributed by atoms with Crippen molar-refractivity contribution >= 4 is 16.9 Å². The summed E-state index contributed by atoms with van der Waals surface area (Å²) in [6.07, 6.45) is 4.08. The molecule has 0 aliphatic rings. The molecule has 0 bridgehead atoms. The number of nitrogens with zero attached hydrogens (tertiary/aromatic N) is 3. The van der Waals surface area contributed by atoms with E-state index in [9.17, 15) is 0 Å². The maximum Gasteiger partial charge on any atom is 0.150 e. The molecule has 6 nitrogen and oxygen atoms in total. The first-order chi connectivity index (χ1) is 11.7. The van der Waals surface area contributed by atoms with Crippen molar-refractivity contribution in [1.82, 2.24) is 14.5 Å². The molecule has 0 radical (unpaired) electrons. The summed E-state index contributed by atoms with van der Waals surface area (Å²) >= 11 is 0. The predicted octanol–water partition coefficient (Wildman–Crippen LogP) is 3.20. The summed E-state index contributed by atoms with van der Waals surface area (Å²) in [5, 5.41) is 0.828. The average molecular weight is 320 g/mol. The van der Waals surface area contributed by atoms with Gasteiger partial charge in [-0.05, 0) is 42.5 Å². The molecule has 0 amide bonds. The normalized spacial score (nSPS) is 11.0. The summed E-state index contributed by atoms with van der Waals surface area (Å²) in [6, 6.07) is 13.4. The van der Waals surface area contributed by atoms with Crippen molar-refractivity contribution in [3.05, 3.63) is 66.5 Å². The van der Waals surface area contributed by atoms with E-state index in [1.807, 2.05) is 53.2 Å². The first-order valence-electron chi connectivity index (χ1n) is 7.55. The molecule has 0 saturated carbocycles. The van der Waals surface area contributed by atoms with Gasteiger partial charge in [0.25, 0.3) is 0 Å².